The van der Waals surface area contributed by atoms with E-state index in [4.69, 9.17) is 22.1 Å². The maximum atomic E-state index is 7.09. The second kappa shape index (κ2) is 15.7. The summed E-state index contributed by atoms with van der Waals surface area (Å²) >= 11 is 0. The van der Waals surface area contributed by atoms with E-state index >= 15 is 0 Å². The van der Waals surface area contributed by atoms with Gasteiger partial charge in [-0.2, -0.15) is 0 Å². The van der Waals surface area contributed by atoms with Gasteiger partial charge in [0.05, 0.1) is 5.69 Å². The van der Waals surface area contributed by atoms with Crippen molar-refractivity contribution in [3.05, 3.63) is 193 Å². The van der Waals surface area contributed by atoms with Gasteiger partial charge in [0.15, 0.2) is 0 Å². The summed E-state index contributed by atoms with van der Waals surface area (Å²) in [6.45, 7) is 13.4. The molecule has 0 saturated heterocycles. The number of anilines is 4. The molecule has 0 aliphatic carbocycles. The van der Waals surface area contributed by atoms with Gasteiger partial charge in [-0.05, 0) is 130 Å². The second-order valence-electron chi connectivity index (χ2n) is 22.3. The van der Waals surface area contributed by atoms with Crippen LogP contribution < -0.4 is 10.6 Å². The molecule has 15 rings (SSSR count). The largest absolute Gasteiger partial charge is 0.456 e. The molecule has 0 amide bonds. The minimum atomic E-state index is 0.00572. The molecule has 0 atom stereocenters. The van der Waals surface area contributed by atoms with Gasteiger partial charge in [0.25, 0.3) is 0 Å². The van der Waals surface area contributed by atoms with Crippen molar-refractivity contribution < 1.29 is 22.1 Å². The Labute approximate surface area is 430 Å². The third kappa shape index (κ3) is 6.95. The highest BCUT2D eigenvalue weighted by Gasteiger charge is 2.26. The summed E-state index contributed by atoms with van der Waals surface area (Å²) in [4.78, 5) is 0. The Bertz CT molecular complexity index is 4830. The fourth-order valence-electron chi connectivity index (χ4n) is 11.4. The summed E-state index contributed by atoms with van der Waals surface area (Å²) < 4.78 is 33.8. The zero-order valence-corrected chi connectivity index (χ0v) is 42.4. The van der Waals surface area contributed by atoms with Gasteiger partial charge >= 0.3 is 0 Å². The first-order chi connectivity index (χ1) is 36.3. The van der Waals surface area contributed by atoms with Gasteiger partial charge in [-0.25, -0.2) is 0 Å². The topological polar surface area (TPSA) is 89.8 Å². The van der Waals surface area contributed by atoms with Gasteiger partial charge in [-0.3, -0.25) is 0 Å². The van der Waals surface area contributed by atoms with Crippen LogP contribution in [0.4, 0.5) is 22.7 Å². The van der Waals surface area contributed by atoms with E-state index in [0.717, 1.165) is 155 Å². The molecule has 0 spiro atoms. The lowest BCUT2D eigenvalue weighted by molar-refractivity contribution is 0.590. The van der Waals surface area contributed by atoms with Crippen LogP contribution in [0.15, 0.2) is 204 Å². The minimum Gasteiger partial charge on any atom is -0.456 e. The zero-order valence-electron chi connectivity index (χ0n) is 42.4. The monoisotopic (exact) mass is 974 g/mol. The van der Waals surface area contributed by atoms with Gasteiger partial charge < -0.3 is 32.7 Å². The van der Waals surface area contributed by atoms with Gasteiger partial charge in [-0.15, -0.1) is 0 Å². The van der Waals surface area contributed by atoms with Crippen LogP contribution >= 0.6 is 0 Å². The van der Waals surface area contributed by atoms with Gasteiger partial charge in [0.1, 0.15) is 55.8 Å². The molecule has 0 saturated carbocycles. The van der Waals surface area contributed by atoms with Crippen LogP contribution in [0.2, 0.25) is 0 Å². The number of fused-ring (bicyclic) bond motifs is 15. The first-order valence-electron chi connectivity index (χ1n) is 25.7. The van der Waals surface area contributed by atoms with Gasteiger partial charge in [0.2, 0.25) is 0 Å². The summed E-state index contributed by atoms with van der Waals surface area (Å²) in [5, 5.41) is 17.5. The van der Waals surface area contributed by atoms with Crippen LogP contribution in [0.1, 0.15) is 52.7 Å². The highest BCUT2D eigenvalue weighted by Crippen LogP contribution is 2.51. The standard InChI is InChI=1S/C68H50N2O5/c1-67(2,3)39-17-21-41(22-18-39)69-43-25-28-48-49-32-60-50(33-59(49)73-58(48)31-43)51-34-62-52(35-61(51)74-60)66-63(75-62)36-53(70-42-23-19-40(20-24-42)68(4,5)6)64(37-15-26-46-44-11-7-9-13-54(44)71-56(46)29-37)65(66)38-16-27-47-45-12-8-10-14-55(45)72-57(47)30-38/h7-36,69-70H,1-6H3. The molecule has 0 bridgehead atoms. The molecular weight excluding hydrogens is 925 g/mol. The Morgan fingerprint density at radius 1 is 0.280 bits per heavy atom. The Hall–Kier alpha value is -9.20. The normalized spacial score (nSPS) is 12.7. The molecule has 0 aliphatic rings. The number of furan rings is 5. The third-order valence-corrected chi connectivity index (χ3v) is 15.4. The van der Waals surface area contributed by atoms with Crippen LogP contribution in [0.3, 0.4) is 0 Å². The Morgan fingerprint density at radius 3 is 1.23 bits per heavy atom. The van der Waals surface area contributed by atoms with E-state index in [1.807, 2.05) is 24.3 Å². The van der Waals surface area contributed by atoms with Crippen LogP contribution in [0.25, 0.3) is 132 Å². The molecule has 0 unspecified atom stereocenters. The smallest absolute Gasteiger partial charge is 0.138 e. The maximum absolute atomic E-state index is 7.09. The average molecular weight is 975 g/mol. The van der Waals surface area contributed by atoms with Crippen molar-refractivity contribution in [1.82, 2.24) is 0 Å². The molecule has 5 aromatic heterocycles. The Morgan fingerprint density at radius 2 is 0.667 bits per heavy atom. The number of benzene rings is 10. The molecule has 15 aromatic rings. The summed E-state index contributed by atoms with van der Waals surface area (Å²) in [7, 11) is 0. The number of rotatable bonds is 6. The molecule has 75 heavy (non-hydrogen) atoms. The van der Waals surface area contributed by atoms with E-state index in [0.29, 0.717) is 0 Å². The first-order valence-corrected chi connectivity index (χ1v) is 25.7. The third-order valence-electron chi connectivity index (χ3n) is 15.4. The second-order valence-corrected chi connectivity index (χ2v) is 22.3. The highest BCUT2D eigenvalue weighted by atomic mass is 16.3. The number of hydrogen-bond acceptors (Lipinski definition) is 7. The fourth-order valence-corrected chi connectivity index (χ4v) is 11.4. The Balaban J connectivity index is 0.938. The molecule has 0 radical (unpaired) electrons. The number of para-hydroxylation sites is 2. The molecule has 5 heterocycles. The molecular formula is C68H50N2O5. The van der Waals surface area contributed by atoms with Gasteiger partial charge in [0, 0.05) is 94.2 Å². The van der Waals surface area contributed by atoms with Crippen molar-refractivity contribution in [2.45, 2.75) is 52.4 Å². The predicted octanol–water partition coefficient (Wildman–Crippen LogP) is 20.6. The lowest BCUT2D eigenvalue weighted by atomic mass is 9.87. The number of hydrogen-bond donors (Lipinski definition) is 2. The summed E-state index contributed by atoms with van der Waals surface area (Å²) in [5.74, 6) is 0. The molecule has 0 aliphatic heterocycles. The molecule has 7 nitrogen and oxygen atoms in total. The highest BCUT2D eigenvalue weighted by molar-refractivity contribution is 6.24. The van der Waals surface area contributed by atoms with Crippen molar-refractivity contribution in [3.8, 4) is 22.3 Å². The summed E-state index contributed by atoms with van der Waals surface area (Å²) in [5.41, 5.74) is 18.4. The molecule has 7 heteroatoms. The lowest BCUT2D eigenvalue weighted by Crippen LogP contribution is -2.10. The van der Waals surface area contributed by atoms with E-state index in [2.05, 4.69) is 210 Å². The zero-order chi connectivity index (χ0) is 50.5. The summed E-state index contributed by atoms with van der Waals surface area (Å²) in [6, 6.07) is 63.9. The molecule has 362 valence electrons. The van der Waals surface area contributed by atoms with Crippen molar-refractivity contribution in [1.29, 1.82) is 0 Å². The predicted molar refractivity (Wildman–Crippen MR) is 311 cm³/mol. The Kier molecular flexibility index (Phi) is 9.06. The summed E-state index contributed by atoms with van der Waals surface area (Å²) in [6.07, 6.45) is 0. The van der Waals surface area contributed by atoms with Crippen molar-refractivity contribution in [2.24, 2.45) is 0 Å². The van der Waals surface area contributed by atoms with Crippen LogP contribution in [0, 0.1) is 0 Å². The van der Waals surface area contributed by atoms with E-state index in [9.17, 15) is 0 Å². The minimum absolute atomic E-state index is 0.00572. The fraction of sp³-hybridized carbons (Fsp3) is 0.118. The van der Waals surface area contributed by atoms with Crippen LogP contribution in [-0.2, 0) is 10.8 Å². The van der Waals surface area contributed by atoms with Crippen LogP contribution in [0.5, 0.6) is 0 Å². The molecule has 2 N–H and O–H groups in total. The number of nitrogens with one attached hydrogen (secondary N) is 2. The quantitative estimate of drug-likeness (QED) is 0.172. The van der Waals surface area contributed by atoms with E-state index in [-0.39, 0.29) is 10.8 Å². The van der Waals surface area contributed by atoms with E-state index in [1.165, 1.54) is 11.1 Å². The van der Waals surface area contributed by atoms with E-state index < -0.39 is 0 Å². The lowest BCUT2D eigenvalue weighted by Gasteiger charge is -2.21. The van der Waals surface area contributed by atoms with Crippen LogP contribution in [-0.4, -0.2) is 0 Å². The SMILES string of the molecule is CC(C)(C)c1ccc(Nc2ccc3c(c2)oc2cc4c(cc23)oc2cc3c(cc24)oc2cc(Nc4ccc(C(C)(C)C)cc4)c(-c4ccc5c(c4)oc4ccccc45)c(-c4ccc5c(c4)oc4ccccc45)c23)cc1. The molecule has 10 aromatic carbocycles. The molecule has 0 fully saturated rings. The van der Waals surface area contributed by atoms with E-state index in [1.54, 1.807) is 0 Å². The average Bonchev–Trinajstić information content (AvgIpc) is 4.31. The first kappa shape index (κ1) is 43.4. The van der Waals surface area contributed by atoms with Crippen molar-refractivity contribution >= 4 is 132 Å². The van der Waals surface area contributed by atoms with Crippen molar-refractivity contribution in [2.75, 3.05) is 10.6 Å². The van der Waals surface area contributed by atoms with Crippen molar-refractivity contribution in [3.63, 3.8) is 0 Å². The maximum Gasteiger partial charge on any atom is 0.138 e. The van der Waals surface area contributed by atoms with Gasteiger partial charge in [-0.1, -0.05) is 114 Å².